The second kappa shape index (κ2) is 25.5. The Balaban J connectivity index is 3.05. The largest absolute Gasteiger partial charge is 0.371 e. The van der Waals surface area contributed by atoms with E-state index in [0.29, 0.717) is 10.7 Å². The van der Waals surface area contributed by atoms with Crippen LogP contribution < -0.4 is 5.32 Å². The third-order valence-electron chi connectivity index (χ3n) is 6.40. The second-order valence-corrected chi connectivity index (χ2v) is 12.7. The molecule has 0 atom stereocenters. The molecule has 0 rings (SSSR count). The van der Waals surface area contributed by atoms with Gasteiger partial charge < -0.3 is 15.1 Å². The number of nitrogens with one attached hydrogen (secondary N) is 1. The molecule has 0 amide bonds. The van der Waals surface area contributed by atoms with Crippen molar-refractivity contribution < 1.29 is 14.4 Å². The third-order valence-corrected chi connectivity index (χ3v) is 7.60. The van der Waals surface area contributed by atoms with Gasteiger partial charge in [0.2, 0.25) is 0 Å². The first kappa shape index (κ1) is 33.4. The molecular weight excluding hydrogens is 469 g/mol. The monoisotopic (exact) mass is 523 g/mol. The van der Waals surface area contributed by atoms with Crippen LogP contribution >= 0.6 is 32.4 Å². The van der Waals surface area contributed by atoms with Gasteiger partial charge in [-0.3, -0.25) is 4.57 Å². The van der Waals surface area contributed by atoms with Crippen LogP contribution in [0.5, 0.6) is 0 Å². The number of unbranched alkanes of at least 4 members (excludes halogenated alkanes) is 22. The first-order valence-corrected chi connectivity index (χ1v) is 16.6. The van der Waals surface area contributed by atoms with Gasteiger partial charge in [0.1, 0.15) is 4.32 Å². The maximum Gasteiger partial charge on any atom is 0.325 e. The third kappa shape index (κ3) is 32.4. The lowest BCUT2D eigenvalue weighted by Gasteiger charge is -2.05. The minimum absolute atomic E-state index is 0.0558. The van der Waals surface area contributed by atoms with Crippen molar-refractivity contribution in [2.75, 3.05) is 12.7 Å². The van der Waals surface area contributed by atoms with Crippen LogP contribution in [-0.2, 0) is 4.57 Å². The van der Waals surface area contributed by atoms with Gasteiger partial charge in [-0.15, -0.1) is 12.6 Å². The van der Waals surface area contributed by atoms with Gasteiger partial charge in [0.05, 0.1) is 0 Å². The molecule has 3 N–H and O–H groups in total. The summed E-state index contributed by atoms with van der Waals surface area (Å²) in [6.07, 6.45) is 30.1. The van der Waals surface area contributed by atoms with Crippen LogP contribution in [0.1, 0.15) is 148 Å². The van der Waals surface area contributed by atoms with Gasteiger partial charge in [-0.1, -0.05) is 147 Å². The van der Waals surface area contributed by atoms with Gasteiger partial charge in [0.25, 0.3) is 0 Å². The van der Waals surface area contributed by atoms with Crippen LogP contribution in [0.2, 0.25) is 0 Å². The Labute approximate surface area is 216 Å². The average molecular weight is 524 g/mol. The van der Waals surface area contributed by atoms with Crippen LogP contribution in [0.15, 0.2) is 0 Å². The SMILES string of the molecule is O=P(O)(O)CCCCCCCCCCCCCCCCCCCCCCCCCNC(=S)S. The molecule has 0 saturated heterocycles. The van der Waals surface area contributed by atoms with E-state index in [9.17, 15) is 4.57 Å². The number of rotatable bonds is 26. The van der Waals surface area contributed by atoms with Gasteiger partial charge in [-0.2, -0.15) is 0 Å². The number of hydrogen-bond donors (Lipinski definition) is 4. The second-order valence-electron chi connectivity index (χ2n) is 9.75. The van der Waals surface area contributed by atoms with Crippen molar-refractivity contribution in [3.05, 3.63) is 0 Å². The summed E-state index contributed by atoms with van der Waals surface area (Å²) in [5.74, 6) is 0. The van der Waals surface area contributed by atoms with E-state index in [1.807, 2.05) is 0 Å². The van der Waals surface area contributed by atoms with E-state index >= 15 is 0 Å². The first-order valence-electron chi connectivity index (χ1n) is 13.9. The first-order chi connectivity index (χ1) is 15.9. The fourth-order valence-electron chi connectivity index (χ4n) is 4.35. The van der Waals surface area contributed by atoms with Crippen molar-refractivity contribution in [2.24, 2.45) is 0 Å². The van der Waals surface area contributed by atoms with Crippen molar-refractivity contribution in [2.45, 2.75) is 148 Å². The smallest absolute Gasteiger partial charge is 0.325 e. The van der Waals surface area contributed by atoms with E-state index in [1.165, 1.54) is 128 Å². The molecule has 0 aromatic heterocycles. The Morgan fingerprint density at radius 2 is 0.788 bits per heavy atom. The molecule has 0 heterocycles. The lowest BCUT2D eigenvalue weighted by molar-refractivity contribution is 0.370. The lowest BCUT2D eigenvalue weighted by Crippen LogP contribution is -2.17. The summed E-state index contributed by atoms with van der Waals surface area (Å²) in [5, 5.41) is 3.09. The van der Waals surface area contributed by atoms with Crippen molar-refractivity contribution in [1.82, 2.24) is 5.32 Å². The van der Waals surface area contributed by atoms with Crippen LogP contribution in [0.3, 0.4) is 0 Å². The molecule has 0 fully saturated rings. The summed E-state index contributed by atoms with van der Waals surface area (Å²) in [6.45, 7) is 0.970. The molecule has 33 heavy (non-hydrogen) atoms. The van der Waals surface area contributed by atoms with Crippen molar-refractivity contribution in [1.29, 1.82) is 0 Å². The summed E-state index contributed by atoms with van der Waals surface area (Å²) in [6, 6.07) is 0. The van der Waals surface area contributed by atoms with E-state index in [4.69, 9.17) is 22.0 Å². The van der Waals surface area contributed by atoms with Gasteiger partial charge in [0.15, 0.2) is 0 Å². The van der Waals surface area contributed by atoms with E-state index in [-0.39, 0.29) is 6.16 Å². The fourth-order valence-corrected chi connectivity index (χ4v) is 5.20. The number of hydrogen-bond acceptors (Lipinski definition) is 2. The molecule has 0 radical (unpaired) electrons. The minimum Gasteiger partial charge on any atom is -0.371 e. The average Bonchev–Trinajstić information content (AvgIpc) is 2.75. The van der Waals surface area contributed by atoms with E-state index in [0.717, 1.165) is 19.4 Å². The van der Waals surface area contributed by atoms with Gasteiger partial charge >= 0.3 is 7.60 Å². The van der Waals surface area contributed by atoms with Crippen LogP contribution in [0.25, 0.3) is 0 Å². The summed E-state index contributed by atoms with van der Waals surface area (Å²) in [7, 11) is -3.77. The molecule has 0 saturated carbocycles. The fraction of sp³-hybridized carbons (Fsp3) is 0.962. The Morgan fingerprint density at radius 1 is 0.545 bits per heavy atom. The highest BCUT2D eigenvalue weighted by Crippen LogP contribution is 2.35. The zero-order chi connectivity index (χ0) is 24.5. The maximum absolute atomic E-state index is 10.8. The summed E-state index contributed by atoms with van der Waals surface area (Å²) in [4.78, 5) is 17.6. The molecular formula is C26H54NO3PS2. The van der Waals surface area contributed by atoms with Crippen LogP contribution in [0, 0.1) is 0 Å². The van der Waals surface area contributed by atoms with Crippen molar-refractivity contribution in [3.8, 4) is 0 Å². The molecule has 0 aliphatic heterocycles. The molecule has 0 bridgehead atoms. The maximum atomic E-state index is 10.8. The normalized spacial score (nSPS) is 11.7. The quantitative estimate of drug-likeness (QED) is 0.0394. The topological polar surface area (TPSA) is 69.6 Å². The molecule has 4 nitrogen and oxygen atoms in total. The Morgan fingerprint density at radius 3 is 1.03 bits per heavy atom. The molecule has 0 aromatic rings. The molecule has 0 aliphatic carbocycles. The molecule has 0 aromatic carbocycles. The zero-order valence-electron chi connectivity index (χ0n) is 21.3. The highest BCUT2D eigenvalue weighted by Gasteiger charge is 2.10. The van der Waals surface area contributed by atoms with Gasteiger partial charge in [-0.05, 0) is 12.8 Å². The van der Waals surface area contributed by atoms with Gasteiger partial charge in [0, 0.05) is 12.7 Å². The highest BCUT2D eigenvalue weighted by atomic mass is 32.1. The summed E-state index contributed by atoms with van der Waals surface area (Å²) < 4.78 is 11.4. The molecule has 0 spiro atoms. The molecule has 0 unspecified atom stereocenters. The van der Waals surface area contributed by atoms with Gasteiger partial charge in [-0.25, -0.2) is 0 Å². The number of thiocarbonyl (C=S) groups is 1. The summed E-state index contributed by atoms with van der Waals surface area (Å²) in [5.41, 5.74) is 0. The van der Waals surface area contributed by atoms with E-state index < -0.39 is 7.60 Å². The minimum atomic E-state index is -3.77. The molecule has 198 valence electrons. The highest BCUT2D eigenvalue weighted by molar-refractivity contribution is 8.11. The Hall–Kier alpha value is 0.390. The zero-order valence-corrected chi connectivity index (χ0v) is 23.9. The predicted molar refractivity (Wildman–Crippen MR) is 153 cm³/mol. The van der Waals surface area contributed by atoms with Crippen LogP contribution in [-0.4, -0.2) is 26.8 Å². The van der Waals surface area contributed by atoms with Crippen molar-refractivity contribution >= 4 is 36.8 Å². The van der Waals surface area contributed by atoms with Crippen molar-refractivity contribution in [3.63, 3.8) is 0 Å². The standard InChI is InChI=1S/C26H54NO3PS2/c28-31(29,30)25-23-21-19-17-15-13-11-9-7-5-3-1-2-4-6-8-10-12-14-16-18-20-22-24-27-26(32)33/h1-25H2,(H2,27,32,33)(H2,28,29,30). The lowest BCUT2D eigenvalue weighted by atomic mass is 10.0. The number of thiol groups is 1. The van der Waals surface area contributed by atoms with E-state index in [1.54, 1.807) is 0 Å². The Kier molecular flexibility index (Phi) is 25.8. The van der Waals surface area contributed by atoms with Crippen LogP contribution in [0.4, 0.5) is 0 Å². The molecule has 7 heteroatoms. The van der Waals surface area contributed by atoms with E-state index in [2.05, 4.69) is 17.9 Å². The Bertz CT molecular complexity index is 474. The molecule has 0 aliphatic rings. The predicted octanol–water partition coefficient (Wildman–Crippen LogP) is 8.94. The summed E-state index contributed by atoms with van der Waals surface area (Å²) >= 11 is 8.94.